The number of hydrogen-bond acceptors (Lipinski definition) is 6. The second kappa shape index (κ2) is 8.49. The third-order valence-corrected chi connectivity index (χ3v) is 4.17. The molecule has 0 fully saturated rings. The van der Waals surface area contributed by atoms with Crippen LogP contribution in [0.4, 0.5) is 17.2 Å². The van der Waals surface area contributed by atoms with Gasteiger partial charge >= 0.3 is 0 Å². The molecule has 142 valence electrons. The molecule has 0 unspecified atom stereocenters. The number of aromatic nitrogens is 2. The highest BCUT2D eigenvalue weighted by molar-refractivity contribution is 6.32. The molecule has 0 aliphatic carbocycles. The van der Waals surface area contributed by atoms with Crippen LogP contribution in [0.15, 0.2) is 54.6 Å². The van der Waals surface area contributed by atoms with E-state index in [-0.39, 0.29) is 11.5 Å². The monoisotopic (exact) mass is 396 g/mol. The van der Waals surface area contributed by atoms with Crippen LogP contribution in [0.1, 0.15) is 27.8 Å². The average Bonchev–Trinajstić information content (AvgIpc) is 2.69. The van der Waals surface area contributed by atoms with Crippen molar-refractivity contribution in [3.8, 4) is 5.75 Å². The van der Waals surface area contributed by atoms with E-state index in [2.05, 4.69) is 20.8 Å². The summed E-state index contributed by atoms with van der Waals surface area (Å²) in [5.41, 5.74) is 2.06. The van der Waals surface area contributed by atoms with E-state index in [4.69, 9.17) is 16.3 Å². The number of Topliss-reactive ketones (excluding diaryl/α,β-unsaturated/α-hetero) is 1. The van der Waals surface area contributed by atoms with Crippen molar-refractivity contribution in [2.24, 2.45) is 0 Å². The van der Waals surface area contributed by atoms with E-state index < -0.39 is 5.91 Å². The van der Waals surface area contributed by atoms with Crippen LogP contribution in [0.5, 0.6) is 5.75 Å². The minimum absolute atomic E-state index is 0.000135. The molecule has 0 saturated carbocycles. The van der Waals surface area contributed by atoms with Crippen LogP contribution in [0.25, 0.3) is 0 Å². The lowest BCUT2D eigenvalue weighted by molar-refractivity contribution is 0.101. The summed E-state index contributed by atoms with van der Waals surface area (Å²) in [6, 6.07) is 15.1. The summed E-state index contributed by atoms with van der Waals surface area (Å²) in [5.74, 6) is 0.580. The molecule has 0 saturated heterocycles. The summed E-state index contributed by atoms with van der Waals surface area (Å²) in [5, 5.41) is 14.1. The second-order valence-electron chi connectivity index (χ2n) is 5.87. The van der Waals surface area contributed by atoms with E-state index in [0.717, 1.165) is 5.69 Å². The first kappa shape index (κ1) is 19.3. The Hall–Kier alpha value is -3.45. The summed E-state index contributed by atoms with van der Waals surface area (Å²) in [6.45, 7) is 1.51. The zero-order valence-electron chi connectivity index (χ0n) is 15.2. The van der Waals surface area contributed by atoms with Crippen molar-refractivity contribution in [1.82, 2.24) is 10.2 Å². The third kappa shape index (κ3) is 4.63. The molecule has 0 aliphatic heterocycles. The first-order valence-electron chi connectivity index (χ1n) is 8.33. The van der Waals surface area contributed by atoms with Crippen molar-refractivity contribution < 1.29 is 14.3 Å². The Labute approximate surface area is 166 Å². The van der Waals surface area contributed by atoms with E-state index in [1.165, 1.54) is 14.0 Å². The van der Waals surface area contributed by atoms with Gasteiger partial charge in [0.2, 0.25) is 0 Å². The van der Waals surface area contributed by atoms with E-state index in [1.54, 1.807) is 54.6 Å². The molecular formula is C20H17ClN4O3. The smallest absolute Gasteiger partial charge is 0.276 e. The Kier molecular flexibility index (Phi) is 5.86. The number of amides is 1. The number of nitrogens with one attached hydrogen (secondary N) is 2. The second-order valence-corrected chi connectivity index (χ2v) is 6.27. The Balaban J connectivity index is 1.65. The largest absolute Gasteiger partial charge is 0.495 e. The molecule has 28 heavy (non-hydrogen) atoms. The number of anilines is 3. The molecule has 1 aromatic heterocycles. The number of methoxy groups -OCH3 is 1. The first-order chi connectivity index (χ1) is 13.5. The number of rotatable bonds is 6. The van der Waals surface area contributed by atoms with E-state index in [0.29, 0.717) is 27.8 Å². The van der Waals surface area contributed by atoms with Gasteiger partial charge in [-0.2, -0.15) is 0 Å². The molecule has 3 aromatic rings. The summed E-state index contributed by atoms with van der Waals surface area (Å²) >= 11 is 6.05. The standard InChI is InChI=1S/C20H17ClN4O3/c1-12(26)13-3-5-14(6-4-13)22-19-10-8-17(24-25-19)20(27)23-15-7-9-18(28-2)16(21)11-15/h3-11H,1-2H3,(H,22,25)(H,23,27). The van der Waals surface area contributed by atoms with Gasteiger partial charge in [-0.05, 0) is 61.5 Å². The summed E-state index contributed by atoms with van der Waals surface area (Å²) in [7, 11) is 1.52. The number of hydrogen-bond donors (Lipinski definition) is 2. The molecular weight excluding hydrogens is 380 g/mol. The Bertz CT molecular complexity index is 1000. The van der Waals surface area contributed by atoms with Gasteiger partial charge in [-0.15, -0.1) is 10.2 Å². The van der Waals surface area contributed by atoms with Gasteiger partial charge in [0.1, 0.15) is 5.75 Å². The number of nitrogens with zero attached hydrogens (tertiary/aromatic N) is 2. The van der Waals surface area contributed by atoms with Gasteiger partial charge in [-0.1, -0.05) is 11.6 Å². The van der Waals surface area contributed by atoms with Gasteiger partial charge < -0.3 is 15.4 Å². The highest BCUT2D eigenvalue weighted by Gasteiger charge is 2.10. The predicted octanol–water partition coefficient (Wildman–Crippen LogP) is 4.34. The average molecular weight is 397 g/mol. The van der Waals surface area contributed by atoms with Crippen molar-refractivity contribution in [1.29, 1.82) is 0 Å². The molecule has 1 amide bonds. The van der Waals surface area contributed by atoms with Crippen LogP contribution >= 0.6 is 11.6 Å². The maximum Gasteiger partial charge on any atom is 0.276 e. The summed E-state index contributed by atoms with van der Waals surface area (Å²) in [6.07, 6.45) is 0. The van der Waals surface area contributed by atoms with E-state index >= 15 is 0 Å². The number of carbonyl (C=O) groups is 2. The molecule has 2 N–H and O–H groups in total. The summed E-state index contributed by atoms with van der Waals surface area (Å²) < 4.78 is 5.08. The zero-order chi connectivity index (χ0) is 20.1. The van der Waals surface area contributed by atoms with Crippen molar-refractivity contribution in [3.05, 3.63) is 70.9 Å². The fourth-order valence-corrected chi connectivity index (χ4v) is 2.65. The van der Waals surface area contributed by atoms with Crippen molar-refractivity contribution >= 4 is 40.5 Å². The fourth-order valence-electron chi connectivity index (χ4n) is 2.40. The minimum atomic E-state index is -0.411. The van der Waals surface area contributed by atoms with Gasteiger partial charge in [-0.25, -0.2) is 0 Å². The molecule has 8 heteroatoms. The zero-order valence-corrected chi connectivity index (χ0v) is 15.9. The van der Waals surface area contributed by atoms with Crippen LogP contribution in [-0.4, -0.2) is 29.0 Å². The number of carbonyl (C=O) groups excluding carboxylic acids is 2. The van der Waals surface area contributed by atoms with Crippen LogP contribution in [-0.2, 0) is 0 Å². The maximum absolute atomic E-state index is 12.3. The number of benzene rings is 2. The number of ether oxygens (including phenoxy) is 1. The van der Waals surface area contributed by atoms with Crippen molar-refractivity contribution in [2.45, 2.75) is 6.92 Å². The fraction of sp³-hybridized carbons (Fsp3) is 0.100. The lowest BCUT2D eigenvalue weighted by atomic mass is 10.1. The Morgan fingerprint density at radius 3 is 2.25 bits per heavy atom. The van der Waals surface area contributed by atoms with Gasteiger partial charge in [0.05, 0.1) is 12.1 Å². The topological polar surface area (TPSA) is 93.2 Å². The number of halogens is 1. The van der Waals surface area contributed by atoms with Crippen molar-refractivity contribution in [3.63, 3.8) is 0 Å². The van der Waals surface area contributed by atoms with Gasteiger partial charge in [0.25, 0.3) is 5.91 Å². The minimum Gasteiger partial charge on any atom is -0.495 e. The molecule has 0 radical (unpaired) electrons. The van der Waals surface area contributed by atoms with Crippen molar-refractivity contribution in [2.75, 3.05) is 17.7 Å². The highest BCUT2D eigenvalue weighted by Crippen LogP contribution is 2.27. The van der Waals surface area contributed by atoms with E-state index in [9.17, 15) is 9.59 Å². The third-order valence-electron chi connectivity index (χ3n) is 3.87. The Morgan fingerprint density at radius 1 is 0.964 bits per heavy atom. The predicted molar refractivity (Wildman–Crippen MR) is 108 cm³/mol. The quantitative estimate of drug-likeness (QED) is 0.602. The van der Waals surface area contributed by atoms with Gasteiger partial charge in [0.15, 0.2) is 17.3 Å². The highest BCUT2D eigenvalue weighted by atomic mass is 35.5. The normalized spacial score (nSPS) is 10.2. The molecule has 3 rings (SSSR count). The molecule has 0 atom stereocenters. The van der Waals surface area contributed by atoms with E-state index in [1.807, 2.05) is 0 Å². The molecule has 0 spiro atoms. The van der Waals surface area contributed by atoms with Crippen LogP contribution < -0.4 is 15.4 Å². The van der Waals surface area contributed by atoms with Crippen LogP contribution in [0.3, 0.4) is 0 Å². The SMILES string of the molecule is COc1ccc(NC(=O)c2ccc(Nc3ccc(C(C)=O)cc3)nn2)cc1Cl. The lowest BCUT2D eigenvalue weighted by Crippen LogP contribution is -2.14. The maximum atomic E-state index is 12.3. The van der Waals surface area contributed by atoms with Gasteiger partial charge in [0, 0.05) is 16.9 Å². The molecule has 7 nitrogen and oxygen atoms in total. The van der Waals surface area contributed by atoms with Gasteiger partial charge in [-0.3, -0.25) is 9.59 Å². The molecule has 0 bridgehead atoms. The first-order valence-corrected chi connectivity index (χ1v) is 8.70. The van der Waals surface area contributed by atoms with Crippen LogP contribution in [0, 0.1) is 0 Å². The Morgan fingerprint density at radius 2 is 1.68 bits per heavy atom. The molecule has 0 aliphatic rings. The molecule has 2 aromatic carbocycles. The number of ketones is 1. The summed E-state index contributed by atoms with van der Waals surface area (Å²) in [4.78, 5) is 23.6. The molecule has 1 heterocycles. The lowest BCUT2D eigenvalue weighted by Gasteiger charge is -2.08. The van der Waals surface area contributed by atoms with Crippen LogP contribution in [0.2, 0.25) is 5.02 Å².